The number of fused-ring (bicyclic) bond motifs is 2. The molecular formula is C20H20ClN3O5S. The number of aromatic nitrogens is 1. The molecule has 10 heteroatoms. The van der Waals surface area contributed by atoms with Crippen molar-refractivity contribution in [3.05, 3.63) is 51.9 Å². The first-order chi connectivity index (χ1) is 14.5. The van der Waals surface area contributed by atoms with Crippen molar-refractivity contribution in [3.8, 4) is 5.88 Å². The molecule has 8 nitrogen and oxygen atoms in total. The van der Waals surface area contributed by atoms with E-state index in [0.29, 0.717) is 16.6 Å². The van der Waals surface area contributed by atoms with Crippen molar-refractivity contribution in [1.29, 1.82) is 0 Å². The lowest BCUT2D eigenvalue weighted by atomic mass is 10.0. The highest BCUT2D eigenvalue weighted by molar-refractivity contribution is 7.22. The van der Waals surface area contributed by atoms with Crippen LogP contribution in [0.5, 0.6) is 5.88 Å². The highest BCUT2D eigenvalue weighted by Crippen LogP contribution is 2.33. The Morgan fingerprint density at radius 2 is 2.00 bits per heavy atom. The third kappa shape index (κ3) is 4.15. The van der Waals surface area contributed by atoms with Gasteiger partial charge in [0.15, 0.2) is 0 Å². The first kappa shape index (κ1) is 20.7. The molecule has 1 aromatic carbocycles. The molecule has 2 atom stereocenters. The van der Waals surface area contributed by atoms with E-state index in [2.05, 4.69) is 15.6 Å². The minimum absolute atomic E-state index is 0.294. The quantitative estimate of drug-likeness (QED) is 0.395. The van der Waals surface area contributed by atoms with E-state index in [1.807, 2.05) is 24.3 Å². The maximum Gasteiger partial charge on any atom is 0.414 e. The largest absolute Gasteiger partial charge is 0.414 e. The van der Waals surface area contributed by atoms with Crippen molar-refractivity contribution < 1.29 is 24.5 Å². The summed E-state index contributed by atoms with van der Waals surface area (Å²) in [6.07, 6.45) is -0.151. The van der Waals surface area contributed by atoms with Crippen molar-refractivity contribution in [1.82, 2.24) is 15.6 Å². The van der Waals surface area contributed by atoms with Crippen molar-refractivity contribution in [2.24, 2.45) is 5.92 Å². The van der Waals surface area contributed by atoms with Gasteiger partial charge in [-0.15, -0.1) is 11.3 Å². The van der Waals surface area contributed by atoms with Crippen LogP contribution < -0.4 is 15.4 Å². The topological polar surface area (TPSA) is 124 Å². The lowest BCUT2D eigenvalue weighted by molar-refractivity contribution is -0.128. The zero-order valence-electron chi connectivity index (χ0n) is 15.7. The molecule has 5 N–H and O–H groups in total. The number of thiophene rings is 1. The molecule has 0 saturated heterocycles. The van der Waals surface area contributed by atoms with Crippen molar-refractivity contribution >= 4 is 45.2 Å². The second-order valence-electron chi connectivity index (χ2n) is 7.06. The van der Waals surface area contributed by atoms with Crippen LogP contribution in [0.15, 0.2) is 36.4 Å². The van der Waals surface area contributed by atoms with E-state index in [4.69, 9.17) is 16.3 Å². The van der Waals surface area contributed by atoms with E-state index in [1.54, 1.807) is 12.1 Å². The summed E-state index contributed by atoms with van der Waals surface area (Å²) in [6.45, 7) is -0.935. The summed E-state index contributed by atoms with van der Waals surface area (Å²) in [4.78, 5) is 28.7. The Labute approximate surface area is 180 Å². The summed E-state index contributed by atoms with van der Waals surface area (Å²) in [5.41, 5.74) is 1.87. The third-order valence-corrected chi connectivity index (χ3v) is 6.30. The first-order valence-corrected chi connectivity index (χ1v) is 10.5. The van der Waals surface area contributed by atoms with Gasteiger partial charge in [0, 0.05) is 11.5 Å². The number of H-pyrrole nitrogens is 1. The smallest absolute Gasteiger partial charge is 0.395 e. The van der Waals surface area contributed by atoms with Gasteiger partial charge in [-0.1, -0.05) is 35.9 Å². The van der Waals surface area contributed by atoms with Crippen LogP contribution in [0.3, 0.4) is 0 Å². The summed E-state index contributed by atoms with van der Waals surface area (Å²) in [5.74, 6) is -1.12. The monoisotopic (exact) mass is 449 g/mol. The van der Waals surface area contributed by atoms with E-state index in [0.717, 1.165) is 21.3 Å². The molecule has 0 fully saturated rings. The van der Waals surface area contributed by atoms with Crippen molar-refractivity contribution in [2.75, 3.05) is 13.2 Å². The molecule has 30 heavy (non-hydrogen) atoms. The maximum absolute atomic E-state index is 12.5. The van der Waals surface area contributed by atoms with Gasteiger partial charge >= 0.3 is 6.09 Å². The van der Waals surface area contributed by atoms with E-state index in [9.17, 15) is 19.8 Å². The SMILES string of the molecule is O=C(N[C@@H]1Cc2ccccc2[C@H]1NC(=O)C(CO)CO)Oc1cc2cc(Cl)sc2[nH]1. The number of aromatic amines is 1. The number of hydrogen-bond donors (Lipinski definition) is 5. The van der Waals surface area contributed by atoms with Gasteiger partial charge in [0.2, 0.25) is 11.8 Å². The van der Waals surface area contributed by atoms with Crippen LogP contribution >= 0.6 is 22.9 Å². The number of amides is 2. The molecule has 0 aliphatic heterocycles. The standard InChI is InChI=1S/C20H20ClN3O5S/c21-15-6-11-7-16(23-19(11)30-15)29-20(28)22-14-5-10-3-1-2-4-13(10)17(14)24-18(27)12(8-25)9-26/h1-4,6-7,12,14,17,23,25-26H,5,8-9H2,(H,22,28)(H,24,27)/t14-,17-/m1/s1. The minimum Gasteiger partial charge on any atom is -0.395 e. The summed E-state index contributed by atoms with van der Waals surface area (Å²) >= 11 is 7.30. The highest BCUT2D eigenvalue weighted by atomic mass is 35.5. The second kappa shape index (κ2) is 8.65. The number of ether oxygens (including phenoxy) is 1. The predicted molar refractivity (Wildman–Crippen MR) is 113 cm³/mol. The summed E-state index contributed by atoms with van der Waals surface area (Å²) in [5, 5.41) is 25.0. The van der Waals surface area contributed by atoms with Crippen LogP contribution in [-0.2, 0) is 11.2 Å². The molecule has 2 heterocycles. The summed E-state index contributed by atoms with van der Waals surface area (Å²) in [6, 6.07) is 10.1. The Kier molecular flexibility index (Phi) is 5.96. The molecule has 0 saturated carbocycles. The molecule has 158 valence electrons. The third-order valence-electron chi connectivity index (χ3n) is 5.10. The van der Waals surface area contributed by atoms with Gasteiger partial charge in [-0.2, -0.15) is 0 Å². The molecule has 2 amide bonds. The van der Waals surface area contributed by atoms with E-state index < -0.39 is 43.2 Å². The molecule has 1 aliphatic rings. The van der Waals surface area contributed by atoms with Crippen LogP contribution in [0.25, 0.3) is 10.2 Å². The Bertz CT molecular complexity index is 1050. The number of aliphatic hydroxyl groups is 2. The van der Waals surface area contributed by atoms with Crippen LogP contribution in [0.2, 0.25) is 4.34 Å². The van der Waals surface area contributed by atoms with Gasteiger partial charge in [-0.3, -0.25) is 4.79 Å². The zero-order valence-corrected chi connectivity index (χ0v) is 17.3. The average molecular weight is 450 g/mol. The molecule has 4 rings (SSSR count). The number of benzene rings is 1. The fourth-order valence-electron chi connectivity index (χ4n) is 3.61. The fourth-order valence-corrected chi connectivity index (χ4v) is 4.72. The Balaban J connectivity index is 1.47. The number of carbonyl (C=O) groups is 2. The lowest BCUT2D eigenvalue weighted by Crippen LogP contribution is -2.47. The van der Waals surface area contributed by atoms with Gasteiger partial charge in [0.1, 0.15) is 4.83 Å². The van der Waals surface area contributed by atoms with Gasteiger partial charge < -0.3 is 30.6 Å². The molecule has 3 aromatic rings. The van der Waals surface area contributed by atoms with Crippen LogP contribution in [-0.4, -0.2) is 46.5 Å². The van der Waals surface area contributed by atoms with Crippen LogP contribution in [0, 0.1) is 5.92 Å². The van der Waals surface area contributed by atoms with E-state index in [1.165, 1.54) is 11.3 Å². The van der Waals surface area contributed by atoms with Gasteiger partial charge in [-0.05, 0) is 23.6 Å². The number of halogens is 1. The minimum atomic E-state index is -0.927. The molecule has 0 spiro atoms. The number of nitrogens with one attached hydrogen (secondary N) is 3. The molecule has 1 aliphatic carbocycles. The van der Waals surface area contributed by atoms with Crippen LogP contribution in [0.1, 0.15) is 17.2 Å². The number of carbonyl (C=O) groups excluding carboxylic acids is 2. The van der Waals surface area contributed by atoms with Crippen LogP contribution in [0.4, 0.5) is 4.79 Å². The van der Waals surface area contributed by atoms with E-state index >= 15 is 0 Å². The van der Waals surface area contributed by atoms with E-state index in [-0.39, 0.29) is 0 Å². The number of rotatable bonds is 6. The average Bonchev–Trinajstić information content (AvgIpc) is 3.34. The van der Waals surface area contributed by atoms with Gasteiger partial charge in [0.25, 0.3) is 0 Å². The predicted octanol–water partition coefficient (Wildman–Crippen LogP) is 2.35. The van der Waals surface area contributed by atoms with Crippen molar-refractivity contribution in [3.63, 3.8) is 0 Å². The molecule has 2 aromatic heterocycles. The van der Waals surface area contributed by atoms with Gasteiger partial charge in [-0.25, -0.2) is 4.79 Å². The Morgan fingerprint density at radius 1 is 1.23 bits per heavy atom. The zero-order chi connectivity index (χ0) is 21.3. The molecule has 0 bridgehead atoms. The Morgan fingerprint density at radius 3 is 2.73 bits per heavy atom. The molecule has 0 unspecified atom stereocenters. The van der Waals surface area contributed by atoms with Crippen molar-refractivity contribution in [2.45, 2.75) is 18.5 Å². The first-order valence-electron chi connectivity index (χ1n) is 9.34. The lowest BCUT2D eigenvalue weighted by Gasteiger charge is -2.24. The summed E-state index contributed by atoms with van der Waals surface area (Å²) < 4.78 is 6.00. The number of hydrogen-bond acceptors (Lipinski definition) is 6. The fraction of sp³-hybridized carbons (Fsp3) is 0.300. The van der Waals surface area contributed by atoms with Gasteiger partial charge in [0.05, 0.1) is 35.6 Å². The maximum atomic E-state index is 12.5. The molecular weight excluding hydrogens is 430 g/mol. The normalized spacial score (nSPS) is 17.9. The Hall–Kier alpha value is -2.59. The number of aliphatic hydroxyl groups excluding tert-OH is 2. The summed E-state index contributed by atoms with van der Waals surface area (Å²) in [7, 11) is 0. The molecule has 0 radical (unpaired) electrons. The highest BCUT2D eigenvalue weighted by Gasteiger charge is 2.36. The second-order valence-corrected chi connectivity index (χ2v) is 8.74.